The average molecular weight is 300 g/mol. The zero-order valence-corrected chi connectivity index (χ0v) is 13.3. The van der Waals surface area contributed by atoms with Crippen LogP contribution < -0.4 is 0 Å². The third kappa shape index (κ3) is 4.71. The summed E-state index contributed by atoms with van der Waals surface area (Å²) in [6.07, 6.45) is 0.908. The van der Waals surface area contributed by atoms with Gasteiger partial charge >= 0.3 is 7.60 Å². The van der Waals surface area contributed by atoms with E-state index in [1.807, 2.05) is 20.8 Å². The number of rotatable bonds is 3. The molecule has 0 spiro atoms. The van der Waals surface area contributed by atoms with Crippen molar-refractivity contribution >= 4 is 13.3 Å². The zero-order valence-electron chi connectivity index (χ0n) is 12.4. The summed E-state index contributed by atoms with van der Waals surface area (Å²) in [6, 6.07) is 0. The van der Waals surface area contributed by atoms with Crippen LogP contribution in [0.2, 0.25) is 0 Å². The minimum absolute atomic E-state index is 0.0820. The maximum atomic E-state index is 11.2. The number of hydrogen-bond donors (Lipinski definition) is 3. The molecule has 0 aliphatic heterocycles. The van der Waals surface area contributed by atoms with E-state index in [0.29, 0.717) is 22.5 Å². The molecule has 0 aromatic carbocycles. The number of aliphatic imine (C=N–C) groups is 1. The first-order valence-corrected chi connectivity index (χ1v) is 7.99. The summed E-state index contributed by atoms with van der Waals surface area (Å²) in [5.74, 6) is -0.0820. The highest BCUT2D eigenvalue weighted by molar-refractivity contribution is 7.50. The van der Waals surface area contributed by atoms with Gasteiger partial charge in [-0.1, -0.05) is 0 Å². The predicted octanol–water partition coefficient (Wildman–Crippen LogP) is 2.38. The van der Waals surface area contributed by atoms with E-state index in [0.717, 1.165) is 0 Å². The number of hydrogen-bond acceptors (Lipinski definition) is 4. The minimum atomic E-state index is -4.25. The highest BCUT2D eigenvalue weighted by Crippen LogP contribution is 2.41. The number of aromatic hydroxyl groups is 1. The van der Waals surface area contributed by atoms with Gasteiger partial charge in [0.15, 0.2) is 0 Å². The Labute approximate surface area is 118 Å². The molecule has 0 amide bonds. The van der Waals surface area contributed by atoms with Gasteiger partial charge in [0, 0.05) is 17.5 Å². The quantitative estimate of drug-likeness (QED) is 0.587. The molecule has 7 heteroatoms. The van der Waals surface area contributed by atoms with E-state index in [9.17, 15) is 9.67 Å². The molecular formula is C13H21N2O4P. The Bertz CT molecular complexity index is 585. The van der Waals surface area contributed by atoms with Gasteiger partial charge in [-0.15, -0.1) is 0 Å². The molecule has 1 aromatic rings. The first-order valence-electron chi connectivity index (χ1n) is 6.19. The lowest BCUT2D eigenvalue weighted by Crippen LogP contribution is -2.15. The van der Waals surface area contributed by atoms with Crippen LogP contribution >= 0.6 is 7.60 Å². The molecule has 0 aliphatic rings. The summed E-state index contributed by atoms with van der Waals surface area (Å²) in [5, 5.41) is 10.1. The van der Waals surface area contributed by atoms with E-state index in [1.165, 1.54) is 6.20 Å². The summed E-state index contributed by atoms with van der Waals surface area (Å²) in [5.41, 5.74) is 1.23. The fourth-order valence-electron chi connectivity index (χ4n) is 1.94. The molecule has 1 aromatic heterocycles. The first-order chi connectivity index (χ1) is 8.91. The lowest BCUT2D eigenvalue weighted by molar-refractivity contribution is 0.371. The van der Waals surface area contributed by atoms with Crippen molar-refractivity contribution < 1.29 is 19.5 Å². The van der Waals surface area contributed by atoms with Crippen molar-refractivity contribution in [2.45, 2.75) is 46.3 Å². The van der Waals surface area contributed by atoms with Crippen LogP contribution in [0.1, 0.15) is 44.5 Å². The first kappa shape index (κ1) is 16.8. The van der Waals surface area contributed by atoms with E-state index < -0.39 is 13.8 Å². The molecule has 0 saturated heterocycles. The molecule has 0 radical (unpaired) electrons. The number of nitrogens with zero attached hydrogens (tertiary/aromatic N) is 2. The van der Waals surface area contributed by atoms with Crippen LogP contribution in [0.15, 0.2) is 11.2 Å². The van der Waals surface area contributed by atoms with E-state index >= 15 is 0 Å². The van der Waals surface area contributed by atoms with Crippen LogP contribution in [0.5, 0.6) is 5.75 Å². The molecule has 0 unspecified atom stereocenters. The van der Waals surface area contributed by atoms with Crippen LogP contribution in [0.4, 0.5) is 0 Å². The Hall–Kier alpha value is -1.23. The van der Waals surface area contributed by atoms with Crippen molar-refractivity contribution in [3.63, 3.8) is 0 Å². The molecule has 20 heavy (non-hydrogen) atoms. The van der Waals surface area contributed by atoms with Crippen molar-refractivity contribution in [1.29, 1.82) is 0 Å². The Morgan fingerprint density at radius 2 is 1.95 bits per heavy atom. The molecule has 6 nitrogen and oxygen atoms in total. The average Bonchev–Trinajstić information content (AvgIpc) is 2.18. The lowest BCUT2D eigenvalue weighted by Gasteiger charge is -2.18. The van der Waals surface area contributed by atoms with Crippen molar-refractivity contribution in [3.05, 3.63) is 23.0 Å². The van der Waals surface area contributed by atoms with Crippen LogP contribution in [-0.2, 0) is 10.7 Å². The normalized spacial score (nSPS) is 13.7. The van der Waals surface area contributed by atoms with Crippen LogP contribution in [0.25, 0.3) is 0 Å². The largest absolute Gasteiger partial charge is 0.505 e. The summed E-state index contributed by atoms with van der Waals surface area (Å²) < 4.78 is 11.2. The molecule has 0 aliphatic carbocycles. The third-order valence-electron chi connectivity index (χ3n) is 2.56. The number of pyridine rings is 1. The van der Waals surface area contributed by atoms with E-state index in [1.54, 1.807) is 13.8 Å². The maximum absolute atomic E-state index is 11.2. The molecule has 0 atom stereocenters. The Morgan fingerprint density at radius 3 is 2.40 bits per heavy atom. The van der Waals surface area contributed by atoms with Gasteiger partial charge in [-0.2, -0.15) is 0 Å². The van der Waals surface area contributed by atoms with Crippen LogP contribution in [0.3, 0.4) is 0 Å². The Morgan fingerprint density at radius 1 is 1.40 bits per heavy atom. The standard InChI is InChI=1S/C13H21N2O4P/c1-8(15-13(3,4)5)11-10(7-20(17,18)19)6-14-9(2)12(11)16/h6,16H,7H2,1-5H3,(H2,17,18,19)/b15-8-. The molecule has 0 fully saturated rings. The monoisotopic (exact) mass is 300 g/mol. The lowest BCUT2D eigenvalue weighted by atomic mass is 10.0. The Balaban J connectivity index is 3.46. The van der Waals surface area contributed by atoms with Crippen molar-refractivity contribution in [3.8, 4) is 5.75 Å². The molecule has 0 saturated carbocycles. The van der Waals surface area contributed by atoms with E-state index in [4.69, 9.17) is 9.79 Å². The smallest absolute Gasteiger partial charge is 0.329 e. The highest BCUT2D eigenvalue weighted by atomic mass is 31.2. The van der Waals surface area contributed by atoms with Gasteiger partial charge in [-0.3, -0.25) is 14.5 Å². The minimum Gasteiger partial charge on any atom is -0.505 e. The molecule has 112 valence electrons. The summed E-state index contributed by atoms with van der Waals surface area (Å²) in [4.78, 5) is 26.7. The van der Waals surface area contributed by atoms with Crippen LogP contribution in [-0.4, -0.2) is 31.1 Å². The van der Waals surface area contributed by atoms with Gasteiger partial charge in [0.05, 0.1) is 17.4 Å². The maximum Gasteiger partial charge on any atom is 0.329 e. The second kappa shape index (κ2) is 5.64. The topological polar surface area (TPSA) is 103 Å². The van der Waals surface area contributed by atoms with Gasteiger partial charge in [0.1, 0.15) is 5.75 Å². The SMILES string of the molecule is C/C(=N/C(C)(C)C)c1c(CP(=O)(O)O)cnc(C)c1O. The van der Waals surface area contributed by atoms with Gasteiger partial charge < -0.3 is 14.9 Å². The number of aryl methyl sites for hydroxylation is 1. The van der Waals surface area contributed by atoms with E-state index in [-0.39, 0.29) is 11.3 Å². The van der Waals surface area contributed by atoms with Crippen molar-refractivity contribution in [1.82, 2.24) is 4.98 Å². The fourth-order valence-corrected chi connectivity index (χ4v) is 2.62. The zero-order chi connectivity index (χ0) is 15.7. The van der Waals surface area contributed by atoms with Gasteiger partial charge in [-0.25, -0.2) is 0 Å². The summed E-state index contributed by atoms with van der Waals surface area (Å²) in [6.45, 7) is 9.06. The molecule has 3 N–H and O–H groups in total. The highest BCUT2D eigenvalue weighted by Gasteiger charge is 2.22. The molecule has 0 bridgehead atoms. The Kier molecular flexibility index (Phi) is 4.74. The molecular weight excluding hydrogens is 279 g/mol. The second-order valence-corrected chi connectivity index (χ2v) is 7.43. The summed E-state index contributed by atoms with van der Waals surface area (Å²) >= 11 is 0. The fraction of sp³-hybridized carbons (Fsp3) is 0.538. The van der Waals surface area contributed by atoms with E-state index in [2.05, 4.69) is 9.98 Å². The molecule has 1 heterocycles. The predicted molar refractivity (Wildman–Crippen MR) is 78.4 cm³/mol. The third-order valence-corrected chi connectivity index (χ3v) is 3.31. The van der Waals surface area contributed by atoms with Crippen molar-refractivity contribution in [2.75, 3.05) is 0 Å². The number of aromatic nitrogens is 1. The van der Waals surface area contributed by atoms with Crippen molar-refractivity contribution in [2.24, 2.45) is 4.99 Å². The summed E-state index contributed by atoms with van der Waals surface area (Å²) in [7, 11) is -4.25. The molecule has 1 rings (SSSR count). The van der Waals surface area contributed by atoms with Gasteiger partial charge in [0.25, 0.3) is 0 Å². The van der Waals surface area contributed by atoms with Crippen LogP contribution in [0, 0.1) is 6.92 Å². The second-order valence-electron chi connectivity index (χ2n) is 5.78. The van der Waals surface area contributed by atoms with Gasteiger partial charge in [0.2, 0.25) is 0 Å². The van der Waals surface area contributed by atoms with Gasteiger partial charge in [-0.05, 0) is 40.2 Å².